The van der Waals surface area contributed by atoms with Crippen molar-refractivity contribution in [1.29, 1.82) is 0 Å². The lowest BCUT2D eigenvalue weighted by Gasteiger charge is -2.08. The molecule has 18 heavy (non-hydrogen) atoms. The first-order valence-corrected chi connectivity index (χ1v) is 8.29. The summed E-state index contributed by atoms with van der Waals surface area (Å²) >= 11 is -0.228. The van der Waals surface area contributed by atoms with Gasteiger partial charge in [-0.25, -0.2) is 13.1 Å². The van der Waals surface area contributed by atoms with E-state index in [4.69, 9.17) is 0 Å². The minimum atomic E-state index is -4.31. The number of sulfonamides is 1. The van der Waals surface area contributed by atoms with Crippen LogP contribution in [0.2, 0.25) is 0 Å². The molecule has 0 aliphatic carbocycles. The fourth-order valence-corrected chi connectivity index (χ4v) is 2.86. The van der Waals surface area contributed by atoms with Gasteiger partial charge < -0.3 is 5.32 Å². The molecule has 0 aliphatic heterocycles. The van der Waals surface area contributed by atoms with E-state index in [1.807, 2.05) is 6.92 Å². The largest absolute Gasteiger partial charge is 0.441 e. The van der Waals surface area contributed by atoms with Crippen LogP contribution in [0.15, 0.2) is 0 Å². The maximum absolute atomic E-state index is 11.8. The molecule has 2 N–H and O–H groups in total. The van der Waals surface area contributed by atoms with E-state index in [-0.39, 0.29) is 29.8 Å². The highest BCUT2D eigenvalue weighted by atomic mass is 32.2. The third kappa shape index (κ3) is 12.5. The van der Waals surface area contributed by atoms with E-state index in [0.717, 1.165) is 19.5 Å². The Morgan fingerprint density at radius 2 is 1.83 bits per heavy atom. The predicted octanol–water partition coefficient (Wildman–Crippen LogP) is 1.55. The quantitative estimate of drug-likeness (QED) is 0.601. The Morgan fingerprint density at radius 3 is 2.39 bits per heavy atom. The van der Waals surface area contributed by atoms with Crippen molar-refractivity contribution < 1.29 is 21.6 Å². The zero-order valence-electron chi connectivity index (χ0n) is 10.2. The molecule has 0 saturated heterocycles. The molecular weight excluding hydrogens is 289 g/mol. The number of halogens is 3. The molecule has 0 spiro atoms. The third-order valence-corrected chi connectivity index (χ3v) is 4.16. The number of hydrogen-bond acceptors (Lipinski definition) is 4. The van der Waals surface area contributed by atoms with Gasteiger partial charge in [0.15, 0.2) is 0 Å². The summed E-state index contributed by atoms with van der Waals surface area (Å²) in [5, 5.41) is 3.06. The minimum Gasteiger partial charge on any atom is -0.317 e. The van der Waals surface area contributed by atoms with Crippen molar-refractivity contribution in [1.82, 2.24) is 10.0 Å². The SMILES string of the molecule is CCNCCCCS(=O)(=O)NCCSC(F)(F)F. The molecule has 9 heteroatoms. The van der Waals surface area contributed by atoms with Crippen LogP contribution in [-0.4, -0.2) is 45.1 Å². The van der Waals surface area contributed by atoms with E-state index in [2.05, 4.69) is 10.0 Å². The molecule has 0 aromatic carbocycles. The van der Waals surface area contributed by atoms with Gasteiger partial charge in [-0.15, -0.1) is 0 Å². The Bertz CT molecular complexity index is 307. The Balaban J connectivity index is 3.62. The highest BCUT2D eigenvalue weighted by Gasteiger charge is 2.27. The number of rotatable bonds is 10. The van der Waals surface area contributed by atoms with Gasteiger partial charge in [0.25, 0.3) is 0 Å². The Labute approximate surface area is 110 Å². The zero-order valence-corrected chi connectivity index (χ0v) is 11.8. The zero-order chi connectivity index (χ0) is 14.1. The van der Waals surface area contributed by atoms with Crippen molar-refractivity contribution in [2.24, 2.45) is 0 Å². The number of alkyl halides is 3. The topological polar surface area (TPSA) is 58.2 Å². The summed E-state index contributed by atoms with van der Waals surface area (Å²) in [4.78, 5) is 0. The van der Waals surface area contributed by atoms with Crippen molar-refractivity contribution in [3.05, 3.63) is 0 Å². The van der Waals surface area contributed by atoms with Gasteiger partial charge >= 0.3 is 5.51 Å². The highest BCUT2D eigenvalue weighted by molar-refractivity contribution is 8.00. The van der Waals surface area contributed by atoms with Gasteiger partial charge in [-0.3, -0.25) is 0 Å². The van der Waals surface area contributed by atoms with Gasteiger partial charge in [0.1, 0.15) is 0 Å². The molecule has 0 bridgehead atoms. The molecular formula is C9H19F3N2O2S2. The van der Waals surface area contributed by atoms with Crippen LogP contribution >= 0.6 is 11.8 Å². The maximum atomic E-state index is 11.8. The molecule has 110 valence electrons. The molecule has 0 fully saturated rings. The Hall–Kier alpha value is 0.01000. The highest BCUT2D eigenvalue weighted by Crippen LogP contribution is 2.29. The summed E-state index contributed by atoms with van der Waals surface area (Å²) in [6.45, 7) is 3.34. The van der Waals surface area contributed by atoms with Crippen LogP contribution in [0.4, 0.5) is 13.2 Å². The summed E-state index contributed by atoms with van der Waals surface area (Å²) in [5.41, 5.74) is -4.31. The summed E-state index contributed by atoms with van der Waals surface area (Å²) in [6.07, 6.45) is 1.22. The van der Waals surface area contributed by atoms with E-state index in [1.165, 1.54) is 0 Å². The van der Waals surface area contributed by atoms with Crippen LogP contribution in [-0.2, 0) is 10.0 Å². The lowest BCUT2D eigenvalue weighted by atomic mass is 10.3. The van der Waals surface area contributed by atoms with Crippen LogP contribution in [0.1, 0.15) is 19.8 Å². The number of nitrogens with one attached hydrogen (secondary N) is 2. The second-order valence-electron chi connectivity index (χ2n) is 3.57. The van der Waals surface area contributed by atoms with Gasteiger partial charge in [0.2, 0.25) is 10.0 Å². The van der Waals surface area contributed by atoms with E-state index < -0.39 is 15.5 Å². The van der Waals surface area contributed by atoms with Gasteiger partial charge in [-0.05, 0) is 37.7 Å². The first-order chi connectivity index (χ1) is 8.27. The molecule has 0 aliphatic rings. The summed E-state index contributed by atoms with van der Waals surface area (Å²) < 4.78 is 60.2. The molecule has 0 rings (SSSR count). The molecule has 0 amide bonds. The van der Waals surface area contributed by atoms with Crippen molar-refractivity contribution in [2.45, 2.75) is 25.3 Å². The standard InChI is InChI=1S/C9H19F3N2O2S2/c1-2-13-5-3-4-8-18(15,16)14-6-7-17-9(10,11)12/h13-14H,2-8H2,1H3. The minimum absolute atomic E-state index is 0.0465. The molecule has 0 aromatic rings. The smallest absolute Gasteiger partial charge is 0.317 e. The second-order valence-corrected chi connectivity index (χ2v) is 6.65. The molecule has 0 heterocycles. The number of hydrogen-bond donors (Lipinski definition) is 2. The van der Waals surface area contributed by atoms with Crippen LogP contribution in [0, 0.1) is 0 Å². The van der Waals surface area contributed by atoms with Crippen LogP contribution in [0.25, 0.3) is 0 Å². The van der Waals surface area contributed by atoms with Gasteiger partial charge in [-0.1, -0.05) is 6.92 Å². The van der Waals surface area contributed by atoms with Crippen molar-refractivity contribution >= 4 is 21.8 Å². The maximum Gasteiger partial charge on any atom is 0.441 e. The summed E-state index contributed by atoms with van der Waals surface area (Å²) in [5.74, 6) is -0.352. The van der Waals surface area contributed by atoms with Gasteiger partial charge in [0.05, 0.1) is 5.75 Å². The third-order valence-electron chi connectivity index (χ3n) is 1.96. The molecule has 4 nitrogen and oxygen atoms in total. The van der Waals surface area contributed by atoms with Gasteiger partial charge in [0, 0.05) is 12.3 Å². The monoisotopic (exact) mass is 308 g/mol. The molecule has 0 atom stereocenters. The Morgan fingerprint density at radius 1 is 1.17 bits per heavy atom. The van der Waals surface area contributed by atoms with Crippen molar-refractivity contribution in [3.8, 4) is 0 Å². The van der Waals surface area contributed by atoms with E-state index in [1.54, 1.807) is 0 Å². The van der Waals surface area contributed by atoms with E-state index in [0.29, 0.717) is 6.42 Å². The van der Waals surface area contributed by atoms with Crippen molar-refractivity contribution in [2.75, 3.05) is 31.1 Å². The fraction of sp³-hybridized carbons (Fsp3) is 1.00. The van der Waals surface area contributed by atoms with E-state index in [9.17, 15) is 21.6 Å². The number of unbranched alkanes of at least 4 members (excludes halogenated alkanes) is 1. The molecule has 0 saturated carbocycles. The lowest BCUT2D eigenvalue weighted by molar-refractivity contribution is -0.0327. The summed E-state index contributed by atoms with van der Waals surface area (Å²) in [7, 11) is -3.44. The molecule has 0 radical (unpaired) electrons. The Kier molecular flexibility index (Phi) is 9.01. The normalized spacial score (nSPS) is 12.9. The molecule has 0 aromatic heterocycles. The van der Waals surface area contributed by atoms with Crippen LogP contribution < -0.4 is 10.0 Å². The van der Waals surface area contributed by atoms with Crippen LogP contribution in [0.3, 0.4) is 0 Å². The second kappa shape index (κ2) is 9.00. The predicted molar refractivity (Wildman–Crippen MR) is 68.1 cm³/mol. The lowest BCUT2D eigenvalue weighted by Crippen LogP contribution is -2.29. The van der Waals surface area contributed by atoms with Crippen LogP contribution in [0.5, 0.6) is 0 Å². The van der Waals surface area contributed by atoms with Gasteiger partial charge in [-0.2, -0.15) is 13.2 Å². The van der Waals surface area contributed by atoms with Crippen molar-refractivity contribution in [3.63, 3.8) is 0 Å². The summed E-state index contributed by atoms with van der Waals surface area (Å²) in [6, 6.07) is 0. The number of thioether (sulfide) groups is 1. The average Bonchev–Trinajstić information content (AvgIpc) is 2.23. The van der Waals surface area contributed by atoms with E-state index >= 15 is 0 Å². The molecule has 0 unspecified atom stereocenters. The first kappa shape index (κ1) is 18.0. The fourth-order valence-electron chi connectivity index (χ4n) is 1.15. The average molecular weight is 308 g/mol. The first-order valence-electron chi connectivity index (χ1n) is 5.65.